The summed E-state index contributed by atoms with van der Waals surface area (Å²) in [6, 6.07) is 15.5. The second-order valence-electron chi connectivity index (χ2n) is 7.92. The average molecular weight is 440 g/mol. The number of aromatic amines is 1. The van der Waals surface area contributed by atoms with Crippen LogP contribution < -0.4 is 10.1 Å². The fraction of sp³-hybridized carbons (Fsp3) is 0.333. The van der Waals surface area contributed by atoms with Crippen molar-refractivity contribution in [3.63, 3.8) is 0 Å². The van der Waals surface area contributed by atoms with E-state index in [1.807, 2.05) is 53.4 Å². The summed E-state index contributed by atoms with van der Waals surface area (Å²) >= 11 is 6.04. The highest BCUT2D eigenvalue weighted by atomic mass is 35.5. The first-order valence-corrected chi connectivity index (χ1v) is 10.8. The molecule has 1 fully saturated rings. The van der Waals surface area contributed by atoms with E-state index in [9.17, 15) is 9.59 Å². The third kappa shape index (κ3) is 5.20. The molecule has 2 amide bonds. The number of aromatic nitrogens is 1. The molecule has 1 unspecified atom stereocenters. The first-order chi connectivity index (χ1) is 15.0. The maximum absolute atomic E-state index is 12.7. The fourth-order valence-corrected chi connectivity index (χ4v) is 4.17. The van der Waals surface area contributed by atoms with Crippen molar-refractivity contribution >= 4 is 34.3 Å². The Balaban J connectivity index is 1.30. The van der Waals surface area contributed by atoms with Crippen molar-refractivity contribution in [2.75, 3.05) is 20.2 Å². The van der Waals surface area contributed by atoms with Gasteiger partial charge in [0.25, 0.3) is 0 Å². The number of amides is 2. The van der Waals surface area contributed by atoms with Crippen LogP contribution >= 0.6 is 11.6 Å². The van der Waals surface area contributed by atoms with Gasteiger partial charge in [-0.05, 0) is 54.8 Å². The minimum Gasteiger partial charge on any atom is -0.497 e. The Morgan fingerprint density at radius 2 is 2.03 bits per heavy atom. The van der Waals surface area contributed by atoms with Crippen LogP contribution in [0.25, 0.3) is 10.9 Å². The van der Waals surface area contributed by atoms with Crippen molar-refractivity contribution in [1.82, 2.24) is 15.2 Å². The minimum atomic E-state index is -0.188. The van der Waals surface area contributed by atoms with Gasteiger partial charge in [0.2, 0.25) is 11.8 Å². The molecule has 6 nitrogen and oxygen atoms in total. The second-order valence-corrected chi connectivity index (χ2v) is 8.35. The number of carbonyl (C=O) groups excluding carboxylic acids is 2. The number of ether oxygens (including phenoxy) is 1. The topological polar surface area (TPSA) is 74.4 Å². The monoisotopic (exact) mass is 439 g/mol. The molecule has 2 aromatic carbocycles. The van der Waals surface area contributed by atoms with Crippen LogP contribution in [0.4, 0.5) is 0 Å². The van der Waals surface area contributed by atoms with E-state index < -0.39 is 0 Å². The molecule has 162 valence electrons. The Morgan fingerprint density at radius 1 is 1.23 bits per heavy atom. The Labute approximate surface area is 186 Å². The van der Waals surface area contributed by atoms with Gasteiger partial charge in [-0.25, -0.2) is 0 Å². The van der Waals surface area contributed by atoms with Gasteiger partial charge in [-0.2, -0.15) is 0 Å². The quantitative estimate of drug-likeness (QED) is 0.585. The summed E-state index contributed by atoms with van der Waals surface area (Å²) in [5.41, 5.74) is 3.05. The van der Waals surface area contributed by atoms with E-state index in [2.05, 4.69) is 10.3 Å². The number of hydrogen-bond donors (Lipinski definition) is 2. The molecule has 0 aliphatic carbocycles. The number of rotatable bonds is 7. The number of fused-ring (bicyclic) bond motifs is 1. The number of carbonyl (C=O) groups is 2. The summed E-state index contributed by atoms with van der Waals surface area (Å²) in [7, 11) is 1.64. The molecule has 1 aliphatic rings. The lowest BCUT2D eigenvalue weighted by molar-refractivity contribution is -0.138. The van der Waals surface area contributed by atoms with Crippen LogP contribution in [0.3, 0.4) is 0 Å². The standard InChI is InChI=1S/C24H26ClN3O3/c1-31-21-6-2-16(3-7-21)10-11-28-15-17(4-9-23(28)29)24(30)26-14-20-13-18-12-19(25)5-8-22(18)27-20/h2-3,5-8,12-13,17,27H,4,9-11,14-15H2,1H3,(H,26,30). The molecule has 7 heteroatoms. The third-order valence-corrected chi connectivity index (χ3v) is 6.03. The van der Waals surface area contributed by atoms with Gasteiger partial charge in [-0.15, -0.1) is 0 Å². The third-order valence-electron chi connectivity index (χ3n) is 5.79. The van der Waals surface area contributed by atoms with E-state index >= 15 is 0 Å². The Hall–Kier alpha value is -2.99. The summed E-state index contributed by atoms with van der Waals surface area (Å²) in [4.78, 5) is 30.2. The van der Waals surface area contributed by atoms with Crippen molar-refractivity contribution in [1.29, 1.82) is 0 Å². The molecule has 3 aromatic rings. The number of H-pyrrole nitrogens is 1. The van der Waals surface area contributed by atoms with Crippen LogP contribution in [-0.4, -0.2) is 41.9 Å². The van der Waals surface area contributed by atoms with Gasteiger partial charge >= 0.3 is 0 Å². The van der Waals surface area contributed by atoms with Crippen molar-refractivity contribution in [2.24, 2.45) is 5.92 Å². The summed E-state index contributed by atoms with van der Waals surface area (Å²) in [5.74, 6) is 0.726. The fourth-order valence-electron chi connectivity index (χ4n) is 3.99. The summed E-state index contributed by atoms with van der Waals surface area (Å²) < 4.78 is 5.18. The van der Waals surface area contributed by atoms with Crippen LogP contribution in [0, 0.1) is 5.92 Å². The van der Waals surface area contributed by atoms with E-state index in [0.29, 0.717) is 37.5 Å². The highest BCUT2D eigenvalue weighted by Crippen LogP contribution is 2.21. The highest BCUT2D eigenvalue weighted by Gasteiger charge is 2.29. The van der Waals surface area contributed by atoms with Crippen molar-refractivity contribution < 1.29 is 14.3 Å². The van der Waals surface area contributed by atoms with Gasteiger partial charge in [-0.1, -0.05) is 23.7 Å². The molecule has 1 atom stereocenters. The van der Waals surface area contributed by atoms with Gasteiger partial charge < -0.3 is 19.9 Å². The zero-order valence-corrected chi connectivity index (χ0v) is 18.2. The van der Waals surface area contributed by atoms with Crippen molar-refractivity contribution in [3.8, 4) is 5.75 Å². The molecule has 1 aromatic heterocycles. The number of nitrogens with zero attached hydrogens (tertiary/aromatic N) is 1. The number of piperidine rings is 1. The highest BCUT2D eigenvalue weighted by molar-refractivity contribution is 6.31. The number of methoxy groups -OCH3 is 1. The molecule has 4 rings (SSSR count). The van der Waals surface area contributed by atoms with Crippen molar-refractivity contribution in [2.45, 2.75) is 25.8 Å². The molecule has 0 saturated carbocycles. The van der Waals surface area contributed by atoms with Gasteiger partial charge in [0, 0.05) is 41.1 Å². The smallest absolute Gasteiger partial charge is 0.225 e. The van der Waals surface area contributed by atoms with Crippen LogP contribution in [0.1, 0.15) is 24.1 Å². The summed E-state index contributed by atoms with van der Waals surface area (Å²) in [5, 5.41) is 4.71. The lowest BCUT2D eigenvalue weighted by atomic mass is 9.96. The molecule has 1 saturated heterocycles. The zero-order valence-electron chi connectivity index (χ0n) is 17.5. The maximum Gasteiger partial charge on any atom is 0.225 e. The van der Waals surface area contributed by atoms with Crippen LogP contribution in [-0.2, 0) is 22.6 Å². The number of nitrogens with one attached hydrogen (secondary N) is 2. The van der Waals surface area contributed by atoms with E-state index in [1.54, 1.807) is 7.11 Å². The molecule has 0 radical (unpaired) electrons. The maximum atomic E-state index is 12.7. The molecule has 2 N–H and O–H groups in total. The predicted molar refractivity (Wildman–Crippen MR) is 121 cm³/mol. The SMILES string of the molecule is COc1ccc(CCN2CC(C(=O)NCc3cc4cc(Cl)ccc4[nH]3)CCC2=O)cc1. The number of hydrogen-bond acceptors (Lipinski definition) is 3. The van der Waals surface area contributed by atoms with E-state index in [1.165, 1.54) is 0 Å². The first-order valence-electron chi connectivity index (χ1n) is 10.5. The normalized spacial score (nSPS) is 16.5. The zero-order chi connectivity index (χ0) is 21.8. The molecule has 0 bridgehead atoms. The molecule has 0 spiro atoms. The number of benzene rings is 2. The lowest BCUT2D eigenvalue weighted by Gasteiger charge is -2.32. The molecule has 1 aliphatic heterocycles. The summed E-state index contributed by atoms with van der Waals surface area (Å²) in [6.07, 6.45) is 1.75. The summed E-state index contributed by atoms with van der Waals surface area (Å²) in [6.45, 7) is 1.49. The first kappa shape index (κ1) is 21.2. The molecular formula is C24H26ClN3O3. The van der Waals surface area contributed by atoms with Crippen LogP contribution in [0.5, 0.6) is 5.75 Å². The number of likely N-dealkylation sites (tertiary alicyclic amines) is 1. The van der Waals surface area contributed by atoms with Gasteiger partial charge in [0.15, 0.2) is 0 Å². The number of halogens is 1. The molecular weight excluding hydrogens is 414 g/mol. The van der Waals surface area contributed by atoms with Crippen molar-refractivity contribution in [3.05, 3.63) is 64.8 Å². The van der Waals surface area contributed by atoms with E-state index in [4.69, 9.17) is 16.3 Å². The Morgan fingerprint density at radius 3 is 2.81 bits per heavy atom. The Kier molecular flexibility index (Phi) is 6.47. The van der Waals surface area contributed by atoms with E-state index in [0.717, 1.165) is 34.3 Å². The Bertz CT molecular complexity index is 1080. The molecule has 31 heavy (non-hydrogen) atoms. The molecule has 2 heterocycles. The largest absolute Gasteiger partial charge is 0.497 e. The minimum absolute atomic E-state index is 0.0152. The van der Waals surface area contributed by atoms with E-state index in [-0.39, 0.29) is 17.7 Å². The van der Waals surface area contributed by atoms with Gasteiger partial charge in [0.1, 0.15) is 5.75 Å². The van der Waals surface area contributed by atoms with Crippen LogP contribution in [0.15, 0.2) is 48.5 Å². The van der Waals surface area contributed by atoms with Crippen LogP contribution in [0.2, 0.25) is 5.02 Å². The van der Waals surface area contributed by atoms with Gasteiger partial charge in [-0.3, -0.25) is 9.59 Å². The second kappa shape index (κ2) is 9.43. The lowest BCUT2D eigenvalue weighted by Crippen LogP contribution is -2.46. The predicted octanol–water partition coefficient (Wildman–Crippen LogP) is 3.93. The van der Waals surface area contributed by atoms with Gasteiger partial charge in [0.05, 0.1) is 19.6 Å². The average Bonchev–Trinajstić information content (AvgIpc) is 3.19.